The zero-order valence-electron chi connectivity index (χ0n) is 30.5. The molecule has 0 radical (unpaired) electrons. The summed E-state index contributed by atoms with van der Waals surface area (Å²) < 4.78 is 0. The monoisotopic (exact) mass is 836 g/mol. The number of carbonyl (C=O) groups is 2. The summed E-state index contributed by atoms with van der Waals surface area (Å²) in [5, 5.41) is 20.8. The predicted octanol–water partition coefficient (Wildman–Crippen LogP) is 8.85. The minimum absolute atomic E-state index is 0. The molecule has 0 aliphatic carbocycles. The van der Waals surface area contributed by atoms with Gasteiger partial charge in [0.15, 0.2) is 11.6 Å². The summed E-state index contributed by atoms with van der Waals surface area (Å²) in [6.45, 7) is 5.70. The Morgan fingerprint density at radius 2 is 0.821 bits per heavy atom. The van der Waals surface area contributed by atoms with Crippen molar-refractivity contribution in [2.75, 3.05) is 0 Å². The van der Waals surface area contributed by atoms with Gasteiger partial charge < -0.3 is 40.1 Å². The quantitative estimate of drug-likeness (QED) is 0.125. The van der Waals surface area contributed by atoms with Gasteiger partial charge in [-0.15, -0.1) is 0 Å². The van der Waals surface area contributed by atoms with E-state index in [1.54, 1.807) is 0 Å². The van der Waals surface area contributed by atoms with Crippen molar-refractivity contribution in [2.24, 2.45) is 0 Å². The molecule has 9 rings (SSSR count). The summed E-state index contributed by atoms with van der Waals surface area (Å²) in [6.07, 6.45) is 2.33. The van der Waals surface area contributed by atoms with E-state index in [1.807, 2.05) is 91.0 Å². The van der Waals surface area contributed by atoms with Gasteiger partial charge in [0.1, 0.15) is 0 Å². The van der Waals surface area contributed by atoms with Crippen molar-refractivity contribution < 1.29 is 46.0 Å². The summed E-state index contributed by atoms with van der Waals surface area (Å²) in [5.74, 6) is 1.92. The summed E-state index contributed by atoms with van der Waals surface area (Å²) in [5.41, 5.74) is 5.45. The SMILES string of the molecule is CC(=O)C=C(C)O.CC(=O)C=C(C)O.Clc1ccc2c(c1)-c1nc-2nc2[n-]c(nc3nc(nc4[n-]c(n1)c1ccccc41)-c1ccccc1-3)c1ccccc21.[Zr+2]. The summed E-state index contributed by atoms with van der Waals surface area (Å²) in [6, 6.07) is 29.3. The van der Waals surface area contributed by atoms with Crippen LogP contribution in [0.1, 0.15) is 27.7 Å². The van der Waals surface area contributed by atoms with Crippen molar-refractivity contribution in [1.82, 2.24) is 39.9 Å². The number of ketones is 2. The van der Waals surface area contributed by atoms with E-state index >= 15 is 0 Å². The predicted molar refractivity (Wildman–Crippen MR) is 213 cm³/mol. The van der Waals surface area contributed by atoms with E-state index < -0.39 is 0 Å². The van der Waals surface area contributed by atoms with Crippen LogP contribution in [0.25, 0.3) is 89.7 Å². The standard InChI is InChI=1S/C32H15ClN8.2C5H8O2.Zr/c33-16-13-14-23-24(15-16)32-40-30-22-12-6-5-11-21(22)28(38-30)36-26-18-8-2-1-7-17(18)25(34-26)35-27-19-9-3-4-10-20(19)29(37-27)39-31(23)41-32;2*1-4(6)3-5(2)7;/h1-15H;2*3,6H,1-2H3;/q-2;;;+2. The first-order chi connectivity index (χ1) is 26.4. The van der Waals surface area contributed by atoms with Gasteiger partial charge in [-0.05, 0) is 61.4 Å². The minimum Gasteiger partial charge on any atom is -0.512 e. The number of hydrogen-bond acceptors (Lipinski definition) is 10. The van der Waals surface area contributed by atoms with Gasteiger partial charge in [-0.1, -0.05) is 90.5 Å². The van der Waals surface area contributed by atoms with Gasteiger partial charge in [0.25, 0.3) is 0 Å². The molecule has 5 heterocycles. The number of aromatic nitrogens is 8. The smallest absolute Gasteiger partial charge is 0.512 e. The van der Waals surface area contributed by atoms with Gasteiger partial charge in [-0.3, -0.25) is 9.59 Å². The van der Waals surface area contributed by atoms with Crippen LogP contribution in [-0.4, -0.2) is 51.7 Å². The van der Waals surface area contributed by atoms with Crippen LogP contribution in [-0.2, 0) is 35.8 Å². The summed E-state index contributed by atoms with van der Waals surface area (Å²) in [7, 11) is 0. The zero-order chi connectivity index (χ0) is 38.8. The maximum atomic E-state index is 10.0. The van der Waals surface area contributed by atoms with Gasteiger partial charge in [-0.2, -0.15) is 0 Å². The van der Waals surface area contributed by atoms with E-state index in [9.17, 15) is 9.59 Å². The van der Waals surface area contributed by atoms with Crippen LogP contribution in [0.4, 0.5) is 0 Å². The molecular formula is C42H31ClN8O4Zr. The number of benzene rings is 4. The van der Waals surface area contributed by atoms with E-state index in [2.05, 4.69) is 0 Å². The Labute approximate surface area is 344 Å². The van der Waals surface area contributed by atoms with Crippen LogP contribution in [0.3, 0.4) is 0 Å². The van der Waals surface area contributed by atoms with Crippen LogP contribution < -0.4 is 9.97 Å². The Balaban J connectivity index is 0.000000306. The molecule has 3 aromatic heterocycles. The molecule has 2 N–H and O–H groups in total. The maximum absolute atomic E-state index is 10.0. The topological polar surface area (TPSA) is 180 Å². The molecule has 0 saturated heterocycles. The molecule has 56 heavy (non-hydrogen) atoms. The molecule has 0 unspecified atom stereocenters. The third-order valence-corrected chi connectivity index (χ3v) is 8.44. The molecule has 14 heteroatoms. The van der Waals surface area contributed by atoms with E-state index in [-0.39, 0.29) is 49.3 Å². The Hall–Kier alpha value is -6.17. The van der Waals surface area contributed by atoms with E-state index in [0.29, 0.717) is 50.9 Å². The van der Waals surface area contributed by atoms with Crippen molar-refractivity contribution >= 4 is 67.3 Å². The molecule has 2 aliphatic heterocycles. The van der Waals surface area contributed by atoms with Crippen LogP contribution in [0.15, 0.2) is 115 Å². The summed E-state index contributed by atoms with van der Waals surface area (Å²) in [4.78, 5) is 59.2. The van der Waals surface area contributed by atoms with Gasteiger partial charge in [0.05, 0.1) is 34.8 Å². The van der Waals surface area contributed by atoms with E-state index in [4.69, 9.17) is 61.7 Å². The number of aliphatic hydroxyl groups is 2. The van der Waals surface area contributed by atoms with Gasteiger partial charge in [0.2, 0.25) is 0 Å². The Kier molecular flexibility index (Phi) is 11.8. The number of aliphatic hydroxyl groups excluding tert-OH is 2. The molecule has 0 spiro atoms. The molecule has 0 amide bonds. The number of nitrogens with zero attached hydrogens (tertiary/aromatic N) is 8. The van der Waals surface area contributed by atoms with Crippen LogP contribution >= 0.6 is 11.6 Å². The molecule has 7 aromatic rings. The number of halogens is 1. The number of rotatable bonds is 2. The molecule has 2 aliphatic rings. The third-order valence-electron chi connectivity index (χ3n) is 8.21. The normalized spacial score (nSPS) is 11.7. The molecule has 274 valence electrons. The first-order valence-electron chi connectivity index (χ1n) is 17.0. The molecular weight excluding hydrogens is 807 g/mol. The molecule has 0 fully saturated rings. The van der Waals surface area contributed by atoms with E-state index in [0.717, 1.165) is 43.8 Å². The molecule has 0 saturated carbocycles. The van der Waals surface area contributed by atoms with Gasteiger partial charge >= 0.3 is 26.2 Å². The van der Waals surface area contributed by atoms with Gasteiger partial charge in [-0.25, -0.2) is 9.97 Å². The Bertz CT molecular complexity index is 2880. The number of allylic oxidation sites excluding steroid dienone is 4. The molecule has 12 nitrogen and oxygen atoms in total. The van der Waals surface area contributed by atoms with Gasteiger partial charge in [0, 0.05) is 62.0 Å². The fourth-order valence-corrected chi connectivity index (χ4v) is 6.24. The van der Waals surface area contributed by atoms with Crippen molar-refractivity contribution in [3.63, 3.8) is 0 Å². The maximum Gasteiger partial charge on any atom is 2.00 e. The fraction of sp³-hybridized carbons (Fsp3) is 0.0952. The third kappa shape index (κ3) is 8.39. The van der Waals surface area contributed by atoms with Crippen LogP contribution in [0.2, 0.25) is 5.02 Å². The Morgan fingerprint density at radius 1 is 0.500 bits per heavy atom. The second kappa shape index (κ2) is 16.7. The van der Waals surface area contributed by atoms with E-state index in [1.165, 1.54) is 39.8 Å². The molecule has 4 aromatic carbocycles. The number of hydrogen-bond donors (Lipinski definition) is 2. The second-order valence-electron chi connectivity index (χ2n) is 12.6. The van der Waals surface area contributed by atoms with Crippen molar-refractivity contribution in [3.8, 4) is 45.6 Å². The molecule has 0 atom stereocenters. The van der Waals surface area contributed by atoms with Crippen LogP contribution in [0, 0.1) is 0 Å². The van der Waals surface area contributed by atoms with Crippen molar-refractivity contribution in [2.45, 2.75) is 27.7 Å². The molecule has 8 bridgehead atoms. The first kappa shape index (κ1) is 39.5. The minimum atomic E-state index is -0.125. The fourth-order valence-electron chi connectivity index (χ4n) is 6.07. The number of fused-ring (bicyclic) bond motifs is 20. The average Bonchev–Trinajstić information content (AvgIpc) is 3.86. The largest absolute Gasteiger partial charge is 2.00 e. The van der Waals surface area contributed by atoms with Crippen molar-refractivity contribution in [1.29, 1.82) is 0 Å². The second-order valence-corrected chi connectivity index (χ2v) is 13.0. The first-order valence-corrected chi connectivity index (χ1v) is 17.4. The van der Waals surface area contributed by atoms with Crippen LogP contribution in [0.5, 0.6) is 0 Å². The number of carbonyl (C=O) groups excluding carboxylic acids is 2. The summed E-state index contributed by atoms with van der Waals surface area (Å²) >= 11 is 6.42. The Morgan fingerprint density at radius 3 is 1.14 bits per heavy atom. The average molecular weight is 838 g/mol. The van der Waals surface area contributed by atoms with Crippen molar-refractivity contribution in [3.05, 3.63) is 120 Å². The zero-order valence-corrected chi connectivity index (χ0v) is 33.7.